The lowest BCUT2D eigenvalue weighted by Gasteiger charge is -2.19. The Hall–Kier alpha value is -1.81. The molecule has 56 heavy (non-hydrogen) atoms. The van der Waals surface area contributed by atoms with E-state index in [1.807, 2.05) is 12.2 Å². The number of hydrogen-bond donors (Lipinski definition) is 4. The summed E-state index contributed by atoms with van der Waals surface area (Å²) in [5.74, 6) is -0.334. The maximum atomic E-state index is 12.4. The zero-order chi connectivity index (χ0) is 41.5. The average Bonchev–Trinajstić information content (AvgIpc) is 3.15. The van der Waals surface area contributed by atoms with Crippen molar-refractivity contribution < 1.29 is 48.2 Å². The predicted octanol–water partition coefficient (Wildman–Crippen LogP) is 11.5. The van der Waals surface area contributed by atoms with Crippen LogP contribution in [0.3, 0.4) is 0 Å². The number of phosphoric acid groups is 1. The Morgan fingerprint density at radius 3 is 1.61 bits per heavy atom. The second kappa shape index (κ2) is 38.7. The molecule has 3 atom stereocenters. The Balaban J connectivity index is 4.09. The molecule has 0 aromatic rings. The van der Waals surface area contributed by atoms with Gasteiger partial charge in [0.25, 0.3) is 0 Å². The number of carbonyl (C=O) groups is 2. The lowest BCUT2D eigenvalue weighted by Crippen LogP contribution is -2.29. The summed E-state index contributed by atoms with van der Waals surface area (Å²) in [5.41, 5.74) is 0. The first-order valence-corrected chi connectivity index (χ1v) is 23.8. The van der Waals surface area contributed by atoms with Crippen molar-refractivity contribution in [1.29, 1.82) is 0 Å². The summed E-state index contributed by atoms with van der Waals surface area (Å²) in [4.78, 5) is 43.0. The number of rotatable bonds is 40. The van der Waals surface area contributed by atoms with E-state index >= 15 is 0 Å². The van der Waals surface area contributed by atoms with E-state index in [-0.39, 0.29) is 25.7 Å². The largest absolute Gasteiger partial charge is 0.469 e. The van der Waals surface area contributed by atoms with Crippen molar-refractivity contribution in [1.82, 2.24) is 0 Å². The third-order valence-corrected chi connectivity index (χ3v) is 10.3. The van der Waals surface area contributed by atoms with Crippen LogP contribution in [0.1, 0.15) is 201 Å². The van der Waals surface area contributed by atoms with Gasteiger partial charge in [0, 0.05) is 12.8 Å². The summed E-state index contributed by atoms with van der Waals surface area (Å²) in [6.07, 6.45) is 37.6. The Labute approximate surface area is 341 Å². The first-order chi connectivity index (χ1) is 26.9. The summed E-state index contributed by atoms with van der Waals surface area (Å²) < 4.78 is 26.3. The lowest BCUT2D eigenvalue weighted by atomic mass is 10.0. The summed E-state index contributed by atoms with van der Waals surface area (Å²) in [5, 5.41) is 20.5. The molecule has 0 spiro atoms. The zero-order valence-corrected chi connectivity index (χ0v) is 36.6. The lowest BCUT2D eigenvalue weighted by molar-refractivity contribution is -0.161. The second-order valence-corrected chi connectivity index (χ2v) is 17.1. The van der Waals surface area contributed by atoms with Crippen LogP contribution < -0.4 is 0 Å². The minimum Gasteiger partial charge on any atom is -0.462 e. The molecule has 0 aliphatic rings. The van der Waals surface area contributed by atoms with Gasteiger partial charge in [-0.05, 0) is 57.3 Å². The van der Waals surface area contributed by atoms with Crippen molar-refractivity contribution in [2.45, 2.75) is 219 Å². The zero-order valence-electron chi connectivity index (χ0n) is 35.7. The number of aliphatic hydroxyl groups is 2. The van der Waals surface area contributed by atoms with E-state index in [1.54, 1.807) is 0 Å². The van der Waals surface area contributed by atoms with E-state index in [1.165, 1.54) is 103 Å². The highest BCUT2D eigenvalue weighted by Crippen LogP contribution is 2.36. The molecule has 10 nitrogen and oxygen atoms in total. The second-order valence-electron chi connectivity index (χ2n) is 15.8. The van der Waals surface area contributed by atoms with Crippen LogP contribution in [0.2, 0.25) is 0 Å². The first-order valence-electron chi connectivity index (χ1n) is 22.3. The fourth-order valence-corrected chi connectivity index (χ4v) is 6.67. The van der Waals surface area contributed by atoms with Crippen LogP contribution in [0.5, 0.6) is 0 Å². The Kier molecular flexibility index (Phi) is 37.4. The molecule has 0 rings (SSSR count). The van der Waals surface area contributed by atoms with E-state index in [9.17, 15) is 24.4 Å². The van der Waals surface area contributed by atoms with Crippen molar-refractivity contribution >= 4 is 19.8 Å². The summed E-state index contributed by atoms with van der Waals surface area (Å²) in [6.45, 7) is 5.77. The molecule has 4 N–H and O–H groups in total. The van der Waals surface area contributed by atoms with Crippen LogP contribution >= 0.6 is 7.82 Å². The number of aliphatic hydroxyl groups excluding tert-OH is 2. The number of esters is 2. The normalized spacial score (nSPS) is 14.0. The Morgan fingerprint density at radius 1 is 0.571 bits per heavy atom. The van der Waals surface area contributed by atoms with Gasteiger partial charge in [0.15, 0.2) is 6.10 Å². The van der Waals surface area contributed by atoms with E-state index < -0.39 is 51.3 Å². The summed E-state index contributed by atoms with van der Waals surface area (Å²) in [6, 6.07) is 0. The molecular formula is C45H83O10P. The molecule has 0 saturated carbocycles. The van der Waals surface area contributed by atoms with Gasteiger partial charge >= 0.3 is 19.8 Å². The Bertz CT molecular complexity index is 1050. The topological polar surface area (TPSA) is 160 Å². The quantitative estimate of drug-likeness (QED) is 0.0203. The fourth-order valence-electron chi connectivity index (χ4n) is 6.31. The van der Waals surface area contributed by atoms with Crippen molar-refractivity contribution in [3.63, 3.8) is 0 Å². The number of ether oxygens (including phenoxy) is 2. The van der Waals surface area contributed by atoms with Gasteiger partial charge in [-0.25, -0.2) is 4.57 Å². The van der Waals surface area contributed by atoms with E-state index in [2.05, 4.69) is 49.6 Å². The molecule has 2 unspecified atom stereocenters. The SMILES string of the molecule is CCCCC/C=C\C/C=C\C/C=C\CC(O)C(O)CCCC(=O)OC[C@H](COP(=O)(O)O)OC(=O)CCCCCCCCCCCCCCCCCCC(C)C. The Morgan fingerprint density at radius 2 is 1.07 bits per heavy atom. The van der Waals surface area contributed by atoms with E-state index in [0.717, 1.165) is 44.4 Å². The molecule has 0 radical (unpaired) electrons. The van der Waals surface area contributed by atoms with E-state index in [0.29, 0.717) is 12.8 Å². The molecule has 0 amide bonds. The number of hydrogen-bond acceptors (Lipinski definition) is 8. The summed E-state index contributed by atoms with van der Waals surface area (Å²) in [7, 11) is -4.82. The molecule has 0 aliphatic heterocycles. The van der Waals surface area contributed by atoms with Crippen molar-refractivity contribution in [2.24, 2.45) is 5.92 Å². The molecule has 0 bridgehead atoms. The van der Waals surface area contributed by atoms with Crippen molar-refractivity contribution in [3.8, 4) is 0 Å². The van der Waals surface area contributed by atoms with Crippen LogP contribution in [0, 0.1) is 5.92 Å². The number of allylic oxidation sites excluding steroid dienone is 5. The molecule has 328 valence electrons. The molecule has 0 heterocycles. The van der Waals surface area contributed by atoms with E-state index in [4.69, 9.17) is 19.3 Å². The van der Waals surface area contributed by atoms with Gasteiger partial charge in [-0.3, -0.25) is 14.1 Å². The number of carbonyl (C=O) groups excluding carboxylic acids is 2. The first kappa shape index (κ1) is 54.2. The highest BCUT2D eigenvalue weighted by molar-refractivity contribution is 7.46. The van der Waals surface area contributed by atoms with Gasteiger partial charge in [-0.15, -0.1) is 0 Å². The molecule has 0 aromatic carbocycles. The average molecular weight is 815 g/mol. The predicted molar refractivity (Wildman–Crippen MR) is 228 cm³/mol. The number of phosphoric ester groups is 1. The van der Waals surface area contributed by atoms with Crippen LogP contribution in [-0.4, -0.2) is 63.5 Å². The van der Waals surface area contributed by atoms with Gasteiger partial charge in [-0.1, -0.05) is 173 Å². The maximum absolute atomic E-state index is 12.4. The monoisotopic (exact) mass is 815 g/mol. The fraction of sp³-hybridized carbons (Fsp3) is 0.822. The van der Waals surface area contributed by atoms with Crippen molar-refractivity contribution in [2.75, 3.05) is 13.2 Å². The van der Waals surface area contributed by atoms with Crippen LogP contribution in [0.25, 0.3) is 0 Å². The summed E-state index contributed by atoms with van der Waals surface area (Å²) >= 11 is 0. The van der Waals surface area contributed by atoms with Gasteiger partial charge in [0.2, 0.25) is 0 Å². The smallest absolute Gasteiger partial charge is 0.462 e. The minimum atomic E-state index is -4.82. The molecule has 0 saturated heterocycles. The van der Waals surface area contributed by atoms with Gasteiger partial charge < -0.3 is 29.5 Å². The maximum Gasteiger partial charge on any atom is 0.469 e. The van der Waals surface area contributed by atoms with Gasteiger partial charge in [0.1, 0.15) is 6.61 Å². The van der Waals surface area contributed by atoms with Gasteiger partial charge in [0.05, 0.1) is 18.8 Å². The number of unbranched alkanes of at least 4 members (excludes halogenated alkanes) is 18. The highest BCUT2D eigenvalue weighted by atomic mass is 31.2. The standard InChI is InChI=1S/C45H83O10P/c1-4-5-6-7-8-9-10-18-21-24-27-30-34-42(46)43(47)35-32-37-44(48)53-38-41(39-54-56(50,51)52)55-45(49)36-31-28-25-22-19-16-14-12-11-13-15-17-20-23-26-29-33-40(2)3/h8-9,18,21,27,30,40-43,46-47H,4-7,10-17,19-20,22-26,28-29,31-39H2,1-3H3,(H2,50,51,52)/b9-8-,21-18-,30-27-/t41-,42?,43?/m1/s1. The van der Waals surface area contributed by atoms with Crippen LogP contribution in [0.4, 0.5) is 0 Å². The minimum absolute atomic E-state index is 0.0453. The van der Waals surface area contributed by atoms with Crippen LogP contribution in [0.15, 0.2) is 36.5 Å². The van der Waals surface area contributed by atoms with Gasteiger partial charge in [-0.2, -0.15) is 0 Å². The van der Waals surface area contributed by atoms with Crippen LogP contribution in [-0.2, 0) is 28.2 Å². The highest BCUT2D eigenvalue weighted by Gasteiger charge is 2.23. The molecule has 0 fully saturated rings. The third kappa shape index (κ3) is 40.4. The molecule has 0 aromatic heterocycles. The molecular weight excluding hydrogens is 731 g/mol. The molecule has 0 aliphatic carbocycles. The molecule has 11 heteroatoms. The van der Waals surface area contributed by atoms with Crippen molar-refractivity contribution in [3.05, 3.63) is 36.5 Å². The third-order valence-electron chi connectivity index (χ3n) is 9.79.